The number of hydrogen-bond donors (Lipinski definition) is 2. The van der Waals surface area contributed by atoms with Crippen LogP contribution < -0.4 is 35.3 Å². The predicted octanol–water partition coefficient (Wildman–Crippen LogP) is -1.86. The summed E-state index contributed by atoms with van der Waals surface area (Å²) in [5.41, 5.74) is 7.83. The molecule has 1 saturated heterocycles. The smallest absolute Gasteiger partial charge is 0.870 e. The molecular formula is C18H25N6NaO4S. The molecule has 0 spiro atoms. The Morgan fingerprint density at radius 2 is 2.03 bits per heavy atom. The Morgan fingerprint density at radius 3 is 2.67 bits per heavy atom. The van der Waals surface area contributed by atoms with Gasteiger partial charge in [0, 0.05) is 30.7 Å². The molecule has 3 aromatic rings. The van der Waals surface area contributed by atoms with E-state index < -0.39 is 15.9 Å². The van der Waals surface area contributed by atoms with Crippen molar-refractivity contribution in [3.05, 3.63) is 24.3 Å². The second-order valence-electron chi connectivity index (χ2n) is 7.22. The van der Waals surface area contributed by atoms with Crippen molar-refractivity contribution >= 4 is 38.0 Å². The van der Waals surface area contributed by atoms with Gasteiger partial charge in [0.2, 0.25) is 15.9 Å². The summed E-state index contributed by atoms with van der Waals surface area (Å²) < 4.78 is 28.4. The van der Waals surface area contributed by atoms with Crippen molar-refractivity contribution in [1.29, 1.82) is 0 Å². The van der Waals surface area contributed by atoms with Gasteiger partial charge in [-0.2, -0.15) is 0 Å². The number of aromatic amines is 1. The Kier molecular flexibility index (Phi) is 8.05. The van der Waals surface area contributed by atoms with Crippen LogP contribution in [-0.2, 0) is 21.2 Å². The number of piperidine rings is 1. The van der Waals surface area contributed by atoms with Gasteiger partial charge in [0.25, 0.3) is 0 Å². The van der Waals surface area contributed by atoms with Gasteiger partial charge in [-0.3, -0.25) is 4.79 Å². The zero-order valence-corrected chi connectivity index (χ0v) is 20.0. The number of hydrogen-bond acceptors (Lipinski definition) is 6. The number of nitrogens with zero attached hydrogens (tertiary/aromatic N) is 4. The van der Waals surface area contributed by atoms with Crippen molar-refractivity contribution < 1.29 is 48.2 Å². The van der Waals surface area contributed by atoms with Gasteiger partial charge in [-0.15, -0.1) is 0 Å². The fourth-order valence-corrected chi connectivity index (χ4v) is 5.62. The summed E-state index contributed by atoms with van der Waals surface area (Å²) >= 11 is 0. The van der Waals surface area contributed by atoms with Gasteiger partial charge >= 0.3 is 29.6 Å². The van der Waals surface area contributed by atoms with Crippen LogP contribution in [0.2, 0.25) is 0 Å². The van der Waals surface area contributed by atoms with Crippen LogP contribution in [0.1, 0.15) is 38.1 Å². The Labute approximate surface area is 196 Å². The fourth-order valence-electron chi connectivity index (χ4n) is 4.08. The Hall–Kier alpha value is -1.50. The molecule has 4 heterocycles. The minimum atomic E-state index is -3.20. The second kappa shape index (κ2) is 9.75. The first-order valence-electron chi connectivity index (χ1n) is 9.49. The molecule has 1 amide bonds. The number of nitrogens with two attached hydrogens (primary N) is 1. The predicted molar refractivity (Wildman–Crippen MR) is 108 cm³/mol. The van der Waals surface area contributed by atoms with E-state index in [1.807, 2.05) is 19.2 Å². The van der Waals surface area contributed by atoms with Gasteiger partial charge in [-0.05, 0) is 25.3 Å². The maximum Gasteiger partial charge on any atom is 1.00 e. The zero-order chi connectivity index (χ0) is 19.9. The van der Waals surface area contributed by atoms with E-state index in [9.17, 15) is 13.2 Å². The maximum atomic E-state index is 12.4. The average Bonchev–Trinajstić information content (AvgIpc) is 3.24. The molecule has 10 nitrogen and oxygen atoms in total. The summed E-state index contributed by atoms with van der Waals surface area (Å²) in [4.78, 5) is 23.7. The molecule has 1 aliphatic heterocycles. The summed E-state index contributed by atoms with van der Waals surface area (Å²) in [7, 11) is -3.20. The SMILES string of the molecule is CCCS(=O)(=O)N1CCC(n2c(CC(N)=O)nc3cnc4[nH]ccc4c32)CC1.[Na+].[OH-]. The first-order valence-corrected chi connectivity index (χ1v) is 11.1. The summed E-state index contributed by atoms with van der Waals surface area (Å²) in [5, 5.41) is 0.932. The van der Waals surface area contributed by atoms with Gasteiger partial charge < -0.3 is 20.8 Å². The maximum absolute atomic E-state index is 12.4. The molecule has 1 aliphatic rings. The Bertz CT molecular complexity index is 1130. The van der Waals surface area contributed by atoms with Crippen LogP contribution in [0.3, 0.4) is 0 Å². The number of primary amides is 1. The third-order valence-electron chi connectivity index (χ3n) is 5.28. The van der Waals surface area contributed by atoms with Gasteiger partial charge in [0.1, 0.15) is 17.0 Å². The number of carbonyl (C=O) groups is 1. The topological polar surface area (TPSA) is 157 Å². The van der Waals surface area contributed by atoms with E-state index >= 15 is 0 Å². The molecule has 1 fully saturated rings. The zero-order valence-electron chi connectivity index (χ0n) is 17.2. The Morgan fingerprint density at radius 1 is 1.33 bits per heavy atom. The number of sulfonamides is 1. The van der Waals surface area contributed by atoms with Crippen molar-refractivity contribution in [2.75, 3.05) is 18.8 Å². The number of nitrogens with one attached hydrogen (secondary N) is 1. The minimum Gasteiger partial charge on any atom is -0.870 e. The van der Waals surface area contributed by atoms with Crippen molar-refractivity contribution in [3.63, 3.8) is 0 Å². The summed E-state index contributed by atoms with van der Waals surface area (Å²) in [6.07, 6.45) is 5.48. The van der Waals surface area contributed by atoms with Gasteiger partial charge in [-0.25, -0.2) is 22.7 Å². The molecule has 4 N–H and O–H groups in total. The van der Waals surface area contributed by atoms with Crippen molar-refractivity contribution in [2.24, 2.45) is 5.73 Å². The number of rotatable bonds is 6. The number of imidazole rings is 1. The van der Waals surface area contributed by atoms with Crippen LogP contribution in [0, 0.1) is 0 Å². The number of aromatic nitrogens is 4. The van der Waals surface area contributed by atoms with Crippen LogP contribution in [0.5, 0.6) is 0 Å². The number of fused-ring (bicyclic) bond motifs is 3. The van der Waals surface area contributed by atoms with Crippen LogP contribution in [0.4, 0.5) is 0 Å². The molecule has 0 atom stereocenters. The quantitative estimate of drug-likeness (QED) is 0.425. The van der Waals surface area contributed by atoms with Crippen LogP contribution >= 0.6 is 0 Å². The molecule has 3 aromatic heterocycles. The molecule has 0 bridgehead atoms. The van der Waals surface area contributed by atoms with E-state index in [1.165, 1.54) is 0 Å². The largest absolute Gasteiger partial charge is 1.00 e. The van der Waals surface area contributed by atoms with Gasteiger partial charge in [0.15, 0.2) is 0 Å². The van der Waals surface area contributed by atoms with E-state index in [0.717, 1.165) is 16.6 Å². The van der Waals surface area contributed by atoms with Crippen LogP contribution in [-0.4, -0.2) is 62.5 Å². The third-order valence-corrected chi connectivity index (χ3v) is 7.36. The van der Waals surface area contributed by atoms with E-state index in [2.05, 4.69) is 19.5 Å². The third kappa shape index (κ3) is 4.56. The molecular weight excluding hydrogens is 419 g/mol. The van der Waals surface area contributed by atoms with E-state index in [1.54, 1.807) is 10.5 Å². The molecule has 0 aromatic carbocycles. The van der Waals surface area contributed by atoms with E-state index in [4.69, 9.17) is 5.73 Å². The van der Waals surface area contributed by atoms with Gasteiger partial charge in [-0.1, -0.05) is 6.92 Å². The summed E-state index contributed by atoms with van der Waals surface area (Å²) in [6, 6.07) is 1.99. The molecule has 30 heavy (non-hydrogen) atoms. The summed E-state index contributed by atoms with van der Waals surface area (Å²) in [5.74, 6) is 0.333. The van der Waals surface area contributed by atoms with Crippen LogP contribution in [0.25, 0.3) is 22.1 Å². The molecule has 0 aliphatic carbocycles. The normalized spacial score (nSPS) is 15.8. The number of H-pyrrole nitrogens is 1. The van der Waals surface area contributed by atoms with Crippen molar-refractivity contribution in [2.45, 2.75) is 38.6 Å². The number of pyridine rings is 1. The van der Waals surface area contributed by atoms with E-state index in [0.29, 0.717) is 43.7 Å². The van der Waals surface area contributed by atoms with Crippen LogP contribution in [0.15, 0.2) is 18.5 Å². The van der Waals surface area contributed by atoms with Crippen molar-refractivity contribution in [1.82, 2.24) is 23.8 Å². The van der Waals surface area contributed by atoms with E-state index in [-0.39, 0.29) is 53.2 Å². The Balaban J connectivity index is 0.00000160. The molecule has 0 radical (unpaired) electrons. The first kappa shape index (κ1) is 24.8. The second-order valence-corrected chi connectivity index (χ2v) is 9.31. The molecule has 0 unspecified atom stereocenters. The summed E-state index contributed by atoms with van der Waals surface area (Å²) in [6.45, 7) is 2.79. The standard InChI is InChI=1S/C18H24N6O3S.Na.H2O/c1-2-9-28(26,27)23-7-4-12(5-8-23)24-16(10-15(19)25)22-14-11-21-18-13(17(14)24)3-6-20-18;;/h3,6,11-12H,2,4-5,7-10H2,1H3,(H2,19,25)(H,20,21);;1H2/q;+1;/p-1. The number of amides is 1. The molecule has 158 valence electrons. The molecule has 12 heteroatoms. The molecule has 0 saturated carbocycles. The fraction of sp³-hybridized carbons (Fsp3) is 0.500. The molecule has 4 rings (SSSR count). The monoisotopic (exact) mass is 444 g/mol. The minimum absolute atomic E-state index is 0. The van der Waals surface area contributed by atoms with Crippen molar-refractivity contribution in [3.8, 4) is 0 Å². The first-order chi connectivity index (χ1) is 13.4. The average molecular weight is 444 g/mol. The van der Waals surface area contributed by atoms with Gasteiger partial charge in [0.05, 0.1) is 23.9 Å². The number of carbonyl (C=O) groups excluding carboxylic acids is 1.